The van der Waals surface area contributed by atoms with Gasteiger partial charge in [0.1, 0.15) is 5.82 Å². The highest BCUT2D eigenvalue weighted by Gasteiger charge is 2.28. The number of hydrogen-bond acceptors (Lipinski definition) is 1. The maximum absolute atomic E-state index is 13.6. The van der Waals surface area contributed by atoms with Gasteiger partial charge >= 0.3 is 0 Å². The van der Waals surface area contributed by atoms with E-state index >= 15 is 0 Å². The summed E-state index contributed by atoms with van der Waals surface area (Å²) in [7, 11) is 0. The van der Waals surface area contributed by atoms with Crippen molar-refractivity contribution in [1.29, 1.82) is 0 Å². The third-order valence-electron chi connectivity index (χ3n) is 5.23. The number of nitrogens with zero attached hydrogens (tertiary/aromatic N) is 1. The summed E-state index contributed by atoms with van der Waals surface area (Å²) in [6.45, 7) is 4.71. The highest BCUT2D eigenvalue weighted by molar-refractivity contribution is 5.89. The molecule has 2 aromatic carbocycles. The second kappa shape index (κ2) is 6.03. The number of amides is 1. The normalized spacial score (nSPS) is 16.9. The van der Waals surface area contributed by atoms with E-state index in [1.54, 1.807) is 6.07 Å². The highest BCUT2D eigenvalue weighted by atomic mass is 19.1. The van der Waals surface area contributed by atoms with Gasteiger partial charge in [0.25, 0.3) is 0 Å². The van der Waals surface area contributed by atoms with Gasteiger partial charge in [-0.05, 0) is 60.7 Å². The smallest absolute Gasteiger partial charge is 0.227 e. The molecule has 0 radical (unpaired) electrons. The third kappa shape index (κ3) is 2.82. The van der Waals surface area contributed by atoms with Crippen LogP contribution in [0.5, 0.6) is 0 Å². The molecular weight excluding hydrogens is 315 g/mol. The predicted octanol–water partition coefficient (Wildman–Crippen LogP) is 4.30. The van der Waals surface area contributed by atoms with Crippen LogP contribution in [0.1, 0.15) is 35.2 Å². The molecule has 1 amide bonds. The zero-order valence-corrected chi connectivity index (χ0v) is 14.5. The number of aromatic nitrogens is 1. The lowest BCUT2D eigenvalue weighted by Gasteiger charge is -2.35. The van der Waals surface area contributed by atoms with Gasteiger partial charge in [0.15, 0.2) is 0 Å². The summed E-state index contributed by atoms with van der Waals surface area (Å²) in [6, 6.07) is 11.0. The molecule has 0 saturated carbocycles. The molecule has 1 aliphatic rings. The van der Waals surface area contributed by atoms with E-state index in [2.05, 4.69) is 30.1 Å². The van der Waals surface area contributed by atoms with Crippen molar-refractivity contribution in [2.75, 3.05) is 6.54 Å². The van der Waals surface area contributed by atoms with E-state index in [1.807, 2.05) is 24.1 Å². The van der Waals surface area contributed by atoms with Crippen molar-refractivity contribution in [3.05, 3.63) is 70.7 Å². The van der Waals surface area contributed by atoms with Crippen LogP contribution in [0.3, 0.4) is 0 Å². The maximum atomic E-state index is 13.6. The second-order valence-electron chi connectivity index (χ2n) is 6.90. The Morgan fingerprint density at radius 1 is 1.28 bits per heavy atom. The summed E-state index contributed by atoms with van der Waals surface area (Å²) in [4.78, 5) is 18.0. The molecule has 1 aliphatic heterocycles. The standard InChI is InChI=1S/C21H21FN2O/c1-13-3-6-18-16(12-23-20(18)9-13)10-21(25)24-8-7-15-4-5-17(22)11-19(15)14(24)2/h3-6,9,11-12,14,23H,7-8,10H2,1-2H3. The quantitative estimate of drug-likeness (QED) is 0.744. The van der Waals surface area contributed by atoms with E-state index in [0.29, 0.717) is 13.0 Å². The SMILES string of the molecule is Cc1ccc2c(CC(=O)N3CCc4ccc(F)cc4C3C)c[nH]c2c1. The van der Waals surface area contributed by atoms with Crippen molar-refractivity contribution < 1.29 is 9.18 Å². The topological polar surface area (TPSA) is 36.1 Å². The van der Waals surface area contributed by atoms with Gasteiger partial charge in [0, 0.05) is 23.6 Å². The highest BCUT2D eigenvalue weighted by Crippen LogP contribution is 2.31. The molecule has 1 atom stereocenters. The number of H-pyrrole nitrogens is 1. The van der Waals surface area contributed by atoms with Crippen LogP contribution in [0.15, 0.2) is 42.6 Å². The van der Waals surface area contributed by atoms with Crippen molar-refractivity contribution in [3.8, 4) is 0 Å². The molecule has 0 fully saturated rings. The van der Waals surface area contributed by atoms with E-state index < -0.39 is 0 Å². The number of halogens is 1. The van der Waals surface area contributed by atoms with E-state index in [0.717, 1.165) is 34.0 Å². The molecule has 1 N–H and O–H groups in total. The average Bonchev–Trinajstić information content (AvgIpc) is 2.97. The van der Waals surface area contributed by atoms with Gasteiger partial charge in [-0.2, -0.15) is 0 Å². The van der Waals surface area contributed by atoms with Crippen molar-refractivity contribution in [2.45, 2.75) is 32.7 Å². The van der Waals surface area contributed by atoms with Crippen LogP contribution in [0.25, 0.3) is 10.9 Å². The molecule has 3 aromatic rings. The van der Waals surface area contributed by atoms with Crippen LogP contribution in [0.2, 0.25) is 0 Å². The van der Waals surface area contributed by atoms with Gasteiger partial charge in [-0.15, -0.1) is 0 Å². The number of rotatable bonds is 2. The van der Waals surface area contributed by atoms with Gasteiger partial charge in [-0.25, -0.2) is 4.39 Å². The van der Waals surface area contributed by atoms with Gasteiger partial charge in [0.05, 0.1) is 12.5 Å². The Bertz CT molecular complexity index is 960. The first-order chi connectivity index (χ1) is 12.0. The monoisotopic (exact) mass is 336 g/mol. The lowest BCUT2D eigenvalue weighted by molar-refractivity contribution is -0.133. The van der Waals surface area contributed by atoms with Crippen molar-refractivity contribution in [1.82, 2.24) is 9.88 Å². The van der Waals surface area contributed by atoms with Crippen molar-refractivity contribution >= 4 is 16.8 Å². The summed E-state index contributed by atoms with van der Waals surface area (Å²) in [5.41, 5.74) is 5.32. The van der Waals surface area contributed by atoms with Crippen LogP contribution >= 0.6 is 0 Å². The molecule has 0 spiro atoms. The van der Waals surface area contributed by atoms with Crippen LogP contribution in [-0.4, -0.2) is 22.3 Å². The number of carbonyl (C=O) groups excluding carboxylic acids is 1. The van der Waals surface area contributed by atoms with Gasteiger partial charge in [-0.3, -0.25) is 4.79 Å². The number of aromatic amines is 1. The first-order valence-electron chi connectivity index (χ1n) is 8.67. The Labute approximate surface area is 146 Å². The molecule has 1 unspecified atom stereocenters. The summed E-state index contributed by atoms with van der Waals surface area (Å²) >= 11 is 0. The summed E-state index contributed by atoms with van der Waals surface area (Å²) in [5, 5.41) is 1.09. The molecule has 4 heteroatoms. The molecule has 128 valence electrons. The van der Waals surface area contributed by atoms with E-state index in [1.165, 1.54) is 11.6 Å². The first kappa shape index (κ1) is 15.9. The van der Waals surface area contributed by atoms with Crippen LogP contribution in [0, 0.1) is 12.7 Å². The van der Waals surface area contributed by atoms with Crippen LogP contribution < -0.4 is 0 Å². The molecule has 25 heavy (non-hydrogen) atoms. The Kier molecular flexibility index (Phi) is 3.83. The fraction of sp³-hybridized carbons (Fsp3) is 0.286. The molecular formula is C21H21FN2O. The largest absolute Gasteiger partial charge is 0.361 e. The minimum Gasteiger partial charge on any atom is -0.361 e. The number of nitrogens with one attached hydrogen (secondary N) is 1. The molecule has 3 nitrogen and oxygen atoms in total. The number of aryl methyl sites for hydroxylation is 1. The molecule has 0 aliphatic carbocycles. The summed E-state index contributed by atoms with van der Waals surface area (Å²) in [5.74, 6) is -0.157. The molecule has 0 bridgehead atoms. The fourth-order valence-corrected chi connectivity index (χ4v) is 3.84. The van der Waals surface area contributed by atoms with Gasteiger partial charge in [0.2, 0.25) is 5.91 Å². The van der Waals surface area contributed by atoms with Gasteiger partial charge in [-0.1, -0.05) is 18.2 Å². The number of fused-ring (bicyclic) bond motifs is 2. The summed E-state index contributed by atoms with van der Waals surface area (Å²) < 4.78 is 13.6. The number of carbonyl (C=O) groups is 1. The minimum atomic E-state index is -0.244. The Morgan fingerprint density at radius 3 is 2.96 bits per heavy atom. The van der Waals surface area contributed by atoms with E-state index in [9.17, 15) is 9.18 Å². The molecule has 4 rings (SSSR count). The zero-order chi connectivity index (χ0) is 17.6. The second-order valence-corrected chi connectivity index (χ2v) is 6.90. The van der Waals surface area contributed by atoms with Gasteiger partial charge < -0.3 is 9.88 Å². The predicted molar refractivity (Wildman–Crippen MR) is 97.0 cm³/mol. The van der Waals surface area contributed by atoms with Crippen molar-refractivity contribution in [3.63, 3.8) is 0 Å². The maximum Gasteiger partial charge on any atom is 0.227 e. The van der Waals surface area contributed by atoms with Crippen LogP contribution in [-0.2, 0) is 17.6 Å². The first-order valence-corrected chi connectivity index (χ1v) is 8.67. The van der Waals surface area contributed by atoms with Crippen LogP contribution in [0.4, 0.5) is 4.39 Å². The Hall–Kier alpha value is -2.62. The number of benzene rings is 2. The lowest BCUT2D eigenvalue weighted by Crippen LogP contribution is -2.39. The molecule has 0 saturated heterocycles. The Balaban J connectivity index is 1.59. The minimum absolute atomic E-state index is 0.0869. The van der Waals surface area contributed by atoms with E-state index in [-0.39, 0.29) is 17.8 Å². The number of hydrogen-bond donors (Lipinski definition) is 1. The molecule has 1 aromatic heterocycles. The fourth-order valence-electron chi connectivity index (χ4n) is 3.84. The third-order valence-corrected chi connectivity index (χ3v) is 5.23. The lowest BCUT2D eigenvalue weighted by atomic mass is 9.93. The average molecular weight is 336 g/mol. The summed E-state index contributed by atoms with van der Waals surface area (Å²) in [6.07, 6.45) is 3.06. The molecule has 2 heterocycles. The van der Waals surface area contributed by atoms with E-state index in [4.69, 9.17) is 0 Å². The zero-order valence-electron chi connectivity index (χ0n) is 14.5. The Morgan fingerprint density at radius 2 is 2.12 bits per heavy atom. The van der Waals surface area contributed by atoms with Crippen molar-refractivity contribution in [2.24, 2.45) is 0 Å².